The predicted octanol–water partition coefficient (Wildman–Crippen LogP) is -2.34. The Bertz CT molecular complexity index is 183. The number of carboxylic acid groups (broad SMARTS) is 4. The van der Waals surface area contributed by atoms with Crippen molar-refractivity contribution in [3.05, 3.63) is 0 Å². The molecule has 0 aromatic heterocycles. The molecule has 80 valence electrons. The van der Waals surface area contributed by atoms with E-state index < -0.39 is 18.1 Å². The molecule has 15 heavy (non-hydrogen) atoms. The number of rotatable bonds is 4. The maximum absolute atomic E-state index is 9.79. The summed E-state index contributed by atoms with van der Waals surface area (Å²) in [4.78, 5) is 28.1. The molecule has 0 amide bonds. The minimum absolute atomic E-state index is 0. The van der Waals surface area contributed by atoms with Gasteiger partial charge in [-0.25, -0.2) is 4.79 Å². The zero-order chi connectivity index (χ0) is 10.9. The molecule has 0 rings (SSSR count). The predicted molar refractivity (Wildman–Crippen MR) is 40.9 cm³/mol. The Labute approximate surface area is 122 Å². The van der Waals surface area contributed by atoms with Crippen molar-refractivity contribution in [3.63, 3.8) is 0 Å². The summed E-state index contributed by atoms with van der Waals surface area (Å²) in [5, 5.41) is 30.0. The summed E-state index contributed by atoms with van der Waals surface area (Å²) >= 11 is 0. The van der Waals surface area contributed by atoms with E-state index in [1.54, 1.807) is 0 Å². The molecule has 0 unspecified atom stereocenters. The van der Waals surface area contributed by atoms with Gasteiger partial charge in [0.05, 0.1) is 0 Å². The summed E-state index contributed by atoms with van der Waals surface area (Å²) in [6.45, 7) is 0. The first-order valence-electron chi connectivity index (χ1n) is 3.21. The maximum Gasteiger partial charge on any atom is 1.00 e. The van der Waals surface area contributed by atoms with Crippen LogP contribution >= 0.6 is 0 Å². The summed E-state index contributed by atoms with van der Waals surface area (Å²) < 4.78 is 0. The van der Waals surface area contributed by atoms with Gasteiger partial charge >= 0.3 is 47.7 Å². The van der Waals surface area contributed by atoms with Gasteiger partial charge in [0.2, 0.25) is 0 Å². The quantitative estimate of drug-likeness (QED) is 0.425. The first-order valence-corrected chi connectivity index (χ1v) is 3.21. The fourth-order valence-electron chi connectivity index (χ4n) is 0.391. The van der Waals surface area contributed by atoms with Crippen molar-refractivity contribution in [2.45, 2.75) is 19.3 Å². The van der Waals surface area contributed by atoms with Crippen LogP contribution in [0.15, 0.2) is 0 Å². The Morgan fingerprint density at radius 2 is 1.07 bits per heavy atom. The number of aliphatic carboxylic acids is 2. The third kappa shape index (κ3) is 56.9. The fraction of sp³-hybridized carbons (Fsp3) is 0.500. The molecule has 0 atom stereocenters. The van der Waals surface area contributed by atoms with Crippen LogP contribution in [0.3, 0.4) is 0 Å². The largest absolute Gasteiger partial charge is 1.00 e. The van der Waals surface area contributed by atoms with Crippen LogP contribution in [0.5, 0.6) is 0 Å². The van der Waals surface area contributed by atoms with Crippen LogP contribution in [-0.2, 0) is 29.1 Å². The van der Waals surface area contributed by atoms with Crippen LogP contribution in [-0.4, -0.2) is 38.5 Å². The van der Waals surface area contributed by atoms with Gasteiger partial charge < -0.3 is 21.9 Å². The van der Waals surface area contributed by atoms with E-state index in [0.29, 0.717) is 0 Å². The van der Waals surface area contributed by atoms with E-state index in [2.05, 4.69) is 0 Å². The van der Waals surface area contributed by atoms with E-state index in [9.17, 15) is 9.59 Å². The van der Waals surface area contributed by atoms with Gasteiger partial charge in [-0.3, -0.25) is 9.59 Å². The van der Waals surface area contributed by atoms with Crippen molar-refractivity contribution in [2.24, 2.45) is 0 Å². The molecule has 0 saturated heterocycles. The minimum Gasteiger partial charge on any atom is -1.00 e. The summed E-state index contributed by atoms with van der Waals surface area (Å²) in [7, 11) is 0. The molecule has 0 saturated carbocycles. The molecule has 0 aliphatic carbocycles. The molecule has 0 aromatic rings. The molecule has 0 fully saturated rings. The average Bonchev–Trinajstić information content (AvgIpc) is 1.83. The molecule has 0 aliphatic rings. The van der Waals surface area contributed by atoms with Gasteiger partial charge in [-0.05, 0) is 6.42 Å². The van der Waals surface area contributed by atoms with Crippen molar-refractivity contribution in [1.82, 2.24) is 0 Å². The Balaban J connectivity index is -0.0000000511. The van der Waals surface area contributed by atoms with Crippen LogP contribution in [0.2, 0.25) is 0 Å². The summed E-state index contributed by atoms with van der Waals surface area (Å²) in [5.74, 6) is -1.90. The third-order valence-corrected chi connectivity index (χ3v) is 0.781. The summed E-state index contributed by atoms with van der Waals surface area (Å²) in [5.41, 5.74) is 0. The van der Waals surface area contributed by atoms with E-state index >= 15 is 0 Å². The van der Waals surface area contributed by atoms with Crippen molar-refractivity contribution < 1.29 is 85.3 Å². The third-order valence-electron chi connectivity index (χ3n) is 0.781. The van der Waals surface area contributed by atoms with E-state index in [0.717, 1.165) is 0 Å². The fourth-order valence-corrected chi connectivity index (χ4v) is 0.391. The maximum atomic E-state index is 9.79. The van der Waals surface area contributed by atoms with E-state index in [1.165, 1.54) is 0 Å². The van der Waals surface area contributed by atoms with Gasteiger partial charge in [-0.2, -0.15) is 0 Å². The van der Waals surface area contributed by atoms with Crippen LogP contribution in [0.25, 0.3) is 0 Å². The van der Waals surface area contributed by atoms with Gasteiger partial charge in [-0.15, -0.1) is 0 Å². The van der Waals surface area contributed by atoms with E-state index in [4.69, 9.17) is 25.2 Å². The zero-order valence-corrected chi connectivity index (χ0v) is 13.3. The van der Waals surface area contributed by atoms with E-state index in [1.807, 2.05) is 0 Å². The monoisotopic (exact) mass is 282 g/mol. The second-order valence-electron chi connectivity index (χ2n) is 1.92. The van der Waals surface area contributed by atoms with Crippen LogP contribution < -0.4 is 29.6 Å². The molecular formula is C6H11NaO7Zn. The Kier molecular flexibility index (Phi) is 26.2. The molecule has 0 radical (unpaired) electrons. The van der Waals surface area contributed by atoms with Gasteiger partial charge in [0.1, 0.15) is 0 Å². The summed E-state index contributed by atoms with van der Waals surface area (Å²) in [6.07, 6.45) is -1.75. The van der Waals surface area contributed by atoms with E-state index in [-0.39, 0.29) is 69.7 Å². The van der Waals surface area contributed by atoms with Crippen molar-refractivity contribution in [3.8, 4) is 0 Å². The molecule has 4 N–H and O–H groups in total. The van der Waals surface area contributed by atoms with Crippen molar-refractivity contribution >= 4 is 18.1 Å². The average molecular weight is 284 g/mol. The first kappa shape index (κ1) is 24.2. The Morgan fingerprint density at radius 3 is 1.20 bits per heavy atom. The Morgan fingerprint density at radius 1 is 0.867 bits per heavy atom. The van der Waals surface area contributed by atoms with Gasteiger partial charge in [0.15, 0.2) is 0 Å². The van der Waals surface area contributed by atoms with Crippen molar-refractivity contribution in [1.29, 1.82) is 0 Å². The molecule has 0 aromatic carbocycles. The molecule has 0 aliphatic heterocycles. The van der Waals surface area contributed by atoms with Crippen LogP contribution in [0, 0.1) is 0 Å². The number of carboxylic acids is 2. The topological polar surface area (TPSA) is 132 Å². The number of hydrogen-bond donors (Lipinski definition) is 4. The molecule has 0 bridgehead atoms. The molecule has 9 heteroatoms. The standard InChI is InChI=1S/C5H8O4.CH2O3.Na.Zn.H/c6-4(7)2-1-3-5(8)9;2-1(3)4;;;/h1-3H2,(H,6,7)(H,8,9);(H2,2,3,4);;;/q;;+1;;-1. The zero-order valence-electron chi connectivity index (χ0n) is 9.34. The second kappa shape index (κ2) is 16.3. The van der Waals surface area contributed by atoms with Crippen LogP contribution in [0.1, 0.15) is 20.7 Å². The molecule has 0 spiro atoms. The van der Waals surface area contributed by atoms with Crippen LogP contribution in [0.4, 0.5) is 4.79 Å². The van der Waals surface area contributed by atoms with Crippen molar-refractivity contribution in [2.75, 3.05) is 0 Å². The number of carbonyl (C=O) groups is 3. The second-order valence-corrected chi connectivity index (χ2v) is 1.92. The summed E-state index contributed by atoms with van der Waals surface area (Å²) in [6, 6.07) is 0. The van der Waals surface area contributed by atoms with Gasteiger partial charge in [-0.1, -0.05) is 0 Å². The number of hydrogen-bond acceptors (Lipinski definition) is 3. The molecular weight excluding hydrogens is 272 g/mol. The Hall–Kier alpha value is -0.167. The van der Waals surface area contributed by atoms with Gasteiger partial charge in [0, 0.05) is 32.3 Å². The molecule has 0 heterocycles. The molecule has 7 nitrogen and oxygen atoms in total. The first-order chi connectivity index (χ1) is 5.86. The van der Waals surface area contributed by atoms with Gasteiger partial charge in [0.25, 0.3) is 0 Å². The normalized spacial score (nSPS) is 6.93. The smallest absolute Gasteiger partial charge is 1.00 e. The minimum atomic E-state index is -1.83. The SMILES string of the molecule is O=C(O)CCCC(=O)O.O=C(O)O.[H-].[Na+].[Zn].